The molecular formula is C26H42N4O12. The van der Waals surface area contributed by atoms with Crippen molar-refractivity contribution in [2.75, 3.05) is 73.1 Å². The molecule has 0 radical (unpaired) electrons. The molecule has 2 amide bonds. The topological polar surface area (TPSA) is 221 Å². The van der Waals surface area contributed by atoms with Crippen LogP contribution in [0.2, 0.25) is 0 Å². The first kappa shape index (κ1) is 36.4. The second kappa shape index (κ2) is 20.3. The number of aliphatic carboxylic acids is 1. The lowest BCUT2D eigenvalue weighted by atomic mass is 9.91. The number of rotatable bonds is 21. The Bertz CT molecular complexity index is 941. The quantitative estimate of drug-likeness (QED) is 0.0603. The molecule has 5 atom stereocenters. The third-order valence-corrected chi connectivity index (χ3v) is 5.58. The number of aliphatic hydroxyl groups is 2. The Morgan fingerprint density at radius 3 is 2.19 bits per heavy atom. The first-order chi connectivity index (χ1) is 20.0. The van der Waals surface area contributed by atoms with Crippen molar-refractivity contribution in [2.45, 2.75) is 37.3 Å². The molecule has 1 rings (SSSR count). The fourth-order valence-corrected chi connectivity index (χ4v) is 3.63. The van der Waals surface area contributed by atoms with Crippen LogP contribution in [0.1, 0.15) is 6.92 Å². The van der Waals surface area contributed by atoms with E-state index in [4.69, 9.17) is 40.6 Å². The van der Waals surface area contributed by atoms with Crippen LogP contribution in [0, 0.1) is 12.3 Å². The van der Waals surface area contributed by atoms with E-state index in [1.54, 1.807) is 0 Å². The number of nitrogens with zero attached hydrogens (tertiary/aromatic N) is 1. The maximum Gasteiger partial charge on any atom is 0.410 e. The fourth-order valence-electron chi connectivity index (χ4n) is 3.63. The predicted octanol–water partition coefficient (Wildman–Crippen LogP) is -2.26. The first-order valence-corrected chi connectivity index (χ1v) is 13.1. The summed E-state index contributed by atoms with van der Waals surface area (Å²) in [5.41, 5.74) is 5.64. The summed E-state index contributed by atoms with van der Waals surface area (Å²) in [4.78, 5) is 37.7. The van der Waals surface area contributed by atoms with Crippen LogP contribution in [0.3, 0.4) is 0 Å². The number of likely N-dealkylation sites (N-methyl/N-ethyl adjacent to an activating group) is 1. The number of carboxylic acids is 1. The van der Waals surface area contributed by atoms with Gasteiger partial charge in [-0.15, -0.1) is 6.42 Å². The first-order valence-electron chi connectivity index (χ1n) is 13.1. The zero-order valence-corrected chi connectivity index (χ0v) is 23.9. The number of carbonyl (C=O) groups excluding carboxylic acids is 2. The van der Waals surface area contributed by atoms with Gasteiger partial charge in [-0.05, 0) is 6.08 Å². The molecule has 0 aromatic heterocycles. The second-order valence-corrected chi connectivity index (χ2v) is 8.95. The highest BCUT2D eigenvalue weighted by Crippen LogP contribution is 2.25. The summed E-state index contributed by atoms with van der Waals surface area (Å²) < 4.78 is 32.2. The van der Waals surface area contributed by atoms with Crippen LogP contribution in [0.25, 0.3) is 0 Å². The summed E-state index contributed by atoms with van der Waals surface area (Å²) in [6, 6.07) is -2.07. The number of carbonyl (C=O) groups is 3. The van der Waals surface area contributed by atoms with E-state index in [1.165, 1.54) is 14.0 Å². The minimum atomic E-state index is -1.70. The summed E-state index contributed by atoms with van der Waals surface area (Å²) in [7, 11) is 1.41. The molecule has 0 saturated heterocycles. The molecule has 7 N–H and O–H groups in total. The van der Waals surface area contributed by atoms with Crippen molar-refractivity contribution in [3.05, 3.63) is 24.2 Å². The standard InChI is InChI=1S/C26H42N4O12/c1-5-7-37-9-11-39-13-14-40-12-10-38-8-6-30(4)26(36)42-23(20(33)16-31)24-22(29-18(3)32)19(28-17(2)27)15-21(41-24)25(34)35/h1,15,19-20,22-24,28,31,33H,2,6-14,16,27H2,3-4H3,(H,29,32)(H,34,35)/t19-,20-,22+,23-,24+/m1/s1. The number of ether oxygens (including phenoxy) is 6. The lowest BCUT2D eigenvalue weighted by molar-refractivity contribution is -0.147. The fraction of sp³-hybridized carbons (Fsp3) is 0.654. The van der Waals surface area contributed by atoms with Gasteiger partial charge in [0.25, 0.3) is 0 Å². The molecule has 0 aromatic carbocycles. The minimum Gasteiger partial charge on any atom is -0.477 e. The lowest BCUT2D eigenvalue weighted by Crippen LogP contribution is -2.64. The molecule has 238 valence electrons. The average Bonchev–Trinajstić information content (AvgIpc) is 2.93. The molecule has 1 aliphatic heterocycles. The third kappa shape index (κ3) is 13.9. The SMILES string of the molecule is C#CCOCCOCCOCCOCCN(C)C(=O)O[C@@H]([C@H]1OC(C(=O)O)=C[C@@H](NC(=C)N)[C@@H]1NC(C)=O)[C@H](O)CO. The van der Waals surface area contributed by atoms with E-state index in [0.29, 0.717) is 33.0 Å². The highest BCUT2D eigenvalue weighted by Gasteiger charge is 2.46. The van der Waals surface area contributed by atoms with E-state index in [1.807, 2.05) is 0 Å². The molecule has 16 nitrogen and oxygen atoms in total. The van der Waals surface area contributed by atoms with Gasteiger partial charge < -0.3 is 65.0 Å². The zero-order chi connectivity index (χ0) is 31.5. The van der Waals surface area contributed by atoms with Crippen LogP contribution < -0.4 is 16.4 Å². The van der Waals surface area contributed by atoms with E-state index in [0.717, 1.165) is 11.0 Å². The molecule has 16 heteroatoms. The number of nitrogens with one attached hydrogen (secondary N) is 2. The van der Waals surface area contributed by atoms with E-state index in [9.17, 15) is 29.7 Å². The van der Waals surface area contributed by atoms with Crippen molar-refractivity contribution < 1.29 is 58.1 Å². The van der Waals surface area contributed by atoms with E-state index in [2.05, 4.69) is 23.1 Å². The van der Waals surface area contributed by atoms with Crippen molar-refractivity contribution in [1.82, 2.24) is 15.5 Å². The Labute approximate surface area is 244 Å². The van der Waals surface area contributed by atoms with E-state index >= 15 is 0 Å². The average molecular weight is 603 g/mol. The third-order valence-electron chi connectivity index (χ3n) is 5.58. The summed E-state index contributed by atoms with van der Waals surface area (Å²) in [6.45, 7) is 6.38. The van der Waals surface area contributed by atoms with Crippen molar-refractivity contribution >= 4 is 18.0 Å². The van der Waals surface area contributed by atoms with Gasteiger partial charge in [0.2, 0.25) is 11.7 Å². The van der Waals surface area contributed by atoms with Gasteiger partial charge in [0.05, 0.1) is 70.8 Å². The summed E-state index contributed by atoms with van der Waals surface area (Å²) >= 11 is 0. The molecule has 0 aromatic rings. The van der Waals surface area contributed by atoms with E-state index < -0.39 is 60.7 Å². The Balaban J connectivity index is 2.68. The monoisotopic (exact) mass is 602 g/mol. The van der Waals surface area contributed by atoms with Crippen molar-refractivity contribution in [3.63, 3.8) is 0 Å². The molecule has 0 bridgehead atoms. The molecule has 0 fully saturated rings. The zero-order valence-electron chi connectivity index (χ0n) is 23.9. The number of aliphatic hydroxyl groups excluding tert-OH is 2. The number of carboxylic acid groups (broad SMARTS) is 1. The van der Waals surface area contributed by atoms with Gasteiger partial charge in [-0.25, -0.2) is 9.59 Å². The number of hydrogen-bond donors (Lipinski definition) is 6. The summed E-state index contributed by atoms with van der Waals surface area (Å²) in [6.07, 6.45) is 0.527. The molecule has 1 heterocycles. The maximum absolute atomic E-state index is 12.8. The number of nitrogens with two attached hydrogens (primary N) is 1. The van der Waals surface area contributed by atoms with Crippen LogP contribution in [0.5, 0.6) is 0 Å². The van der Waals surface area contributed by atoms with Gasteiger partial charge in [-0.3, -0.25) is 4.79 Å². The molecule has 42 heavy (non-hydrogen) atoms. The molecule has 0 saturated carbocycles. The number of amides is 2. The summed E-state index contributed by atoms with van der Waals surface area (Å²) in [5.74, 6) is -0.247. The van der Waals surface area contributed by atoms with Crippen LogP contribution in [-0.4, -0.2) is 142 Å². The maximum atomic E-state index is 12.8. The summed E-state index contributed by atoms with van der Waals surface area (Å²) in [5, 5.41) is 35.0. The van der Waals surface area contributed by atoms with Crippen LogP contribution >= 0.6 is 0 Å². The van der Waals surface area contributed by atoms with Crippen LogP contribution in [0.4, 0.5) is 4.79 Å². The van der Waals surface area contributed by atoms with E-state index in [-0.39, 0.29) is 32.2 Å². The Kier molecular flexibility index (Phi) is 17.6. The van der Waals surface area contributed by atoms with Gasteiger partial charge in [0, 0.05) is 20.5 Å². The second-order valence-electron chi connectivity index (χ2n) is 8.95. The van der Waals surface area contributed by atoms with Crippen molar-refractivity contribution in [2.24, 2.45) is 5.73 Å². The lowest BCUT2D eigenvalue weighted by Gasteiger charge is -2.41. The van der Waals surface area contributed by atoms with Gasteiger partial charge in [-0.1, -0.05) is 12.5 Å². The van der Waals surface area contributed by atoms with Gasteiger partial charge in [-0.2, -0.15) is 0 Å². The Hall–Kier alpha value is -3.59. The van der Waals surface area contributed by atoms with Crippen LogP contribution in [0.15, 0.2) is 24.2 Å². The number of hydrogen-bond acceptors (Lipinski definition) is 13. The molecule has 1 aliphatic rings. The number of terminal acetylenes is 1. The van der Waals surface area contributed by atoms with Gasteiger partial charge >= 0.3 is 12.1 Å². The smallest absolute Gasteiger partial charge is 0.410 e. The molecule has 0 spiro atoms. The minimum absolute atomic E-state index is 0.0474. The largest absolute Gasteiger partial charge is 0.477 e. The predicted molar refractivity (Wildman–Crippen MR) is 147 cm³/mol. The van der Waals surface area contributed by atoms with Crippen molar-refractivity contribution in [1.29, 1.82) is 0 Å². The molecule has 0 unspecified atom stereocenters. The van der Waals surface area contributed by atoms with Crippen LogP contribution in [-0.2, 0) is 38.0 Å². The highest BCUT2D eigenvalue weighted by molar-refractivity contribution is 5.85. The van der Waals surface area contributed by atoms with Gasteiger partial charge in [0.15, 0.2) is 12.2 Å². The Morgan fingerprint density at radius 1 is 1.12 bits per heavy atom. The molecule has 0 aliphatic carbocycles. The normalized spacial score (nSPS) is 19.3. The van der Waals surface area contributed by atoms with Gasteiger partial charge in [0.1, 0.15) is 12.7 Å². The van der Waals surface area contributed by atoms with Crippen molar-refractivity contribution in [3.8, 4) is 12.3 Å². The Morgan fingerprint density at radius 2 is 1.69 bits per heavy atom. The molecular weight excluding hydrogens is 560 g/mol. The highest BCUT2D eigenvalue weighted by atomic mass is 16.6.